The van der Waals surface area contributed by atoms with E-state index in [1.807, 2.05) is 6.07 Å². The fourth-order valence-electron chi connectivity index (χ4n) is 3.83. The van der Waals surface area contributed by atoms with E-state index in [1.54, 1.807) is 13.4 Å². The summed E-state index contributed by atoms with van der Waals surface area (Å²) < 4.78 is 7.36. The van der Waals surface area contributed by atoms with E-state index < -0.39 is 0 Å². The Balaban J connectivity index is 1.30. The van der Waals surface area contributed by atoms with E-state index in [-0.39, 0.29) is 0 Å². The fourth-order valence-corrected chi connectivity index (χ4v) is 3.83. The maximum absolute atomic E-state index is 5.16. The number of nitrogens with one attached hydrogen (secondary N) is 1. The van der Waals surface area contributed by atoms with Crippen LogP contribution in [0.2, 0.25) is 0 Å². The highest BCUT2D eigenvalue weighted by molar-refractivity contribution is 5.38. The van der Waals surface area contributed by atoms with Gasteiger partial charge in [-0.3, -0.25) is 9.58 Å². The lowest BCUT2D eigenvalue weighted by molar-refractivity contribution is 0.210. The molecule has 0 amide bonds. The minimum atomic E-state index is 0.455. The van der Waals surface area contributed by atoms with Crippen LogP contribution in [0.1, 0.15) is 36.9 Å². The SMILES string of the molecule is COc1cc(NC2CCN(Cc3cnn4c3CCCC4)CC2)ncn1. The van der Waals surface area contributed by atoms with Crippen LogP contribution in [0.3, 0.4) is 0 Å². The molecular formula is C18H26N6O. The molecule has 134 valence electrons. The molecule has 7 heteroatoms. The third-order valence-corrected chi connectivity index (χ3v) is 5.25. The molecular weight excluding hydrogens is 316 g/mol. The zero-order valence-corrected chi connectivity index (χ0v) is 14.8. The highest BCUT2D eigenvalue weighted by atomic mass is 16.5. The highest BCUT2D eigenvalue weighted by Gasteiger charge is 2.22. The molecule has 0 saturated carbocycles. The molecule has 1 fully saturated rings. The fraction of sp³-hybridized carbons (Fsp3) is 0.611. The van der Waals surface area contributed by atoms with Gasteiger partial charge in [-0.25, -0.2) is 9.97 Å². The van der Waals surface area contributed by atoms with E-state index in [1.165, 1.54) is 30.5 Å². The molecule has 1 saturated heterocycles. The van der Waals surface area contributed by atoms with E-state index in [9.17, 15) is 0 Å². The summed E-state index contributed by atoms with van der Waals surface area (Å²) in [4.78, 5) is 10.9. The van der Waals surface area contributed by atoms with Crippen LogP contribution in [0.15, 0.2) is 18.6 Å². The van der Waals surface area contributed by atoms with Gasteiger partial charge in [0.1, 0.15) is 12.1 Å². The first-order chi connectivity index (χ1) is 12.3. The second kappa shape index (κ2) is 7.39. The number of ether oxygens (including phenoxy) is 1. The largest absolute Gasteiger partial charge is 0.481 e. The van der Waals surface area contributed by atoms with Gasteiger partial charge in [0.05, 0.1) is 13.3 Å². The standard InChI is InChI=1S/C18H26N6O/c1-25-18-10-17(19-13-20-18)22-15-5-8-23(9-6-15)12-14-11-21-24-7-3-2-4-16(14)24/h10-11,13,15H,2-9,12H2,1H3,(H,19,20,22). The minimum Gasteiger partial charge on any atom is -0.481 e. The maximum Gasteiger partial charge on any atom is 0.218 e. The molecule has 0 spiro atoms. The van der Waals surface area contributed by atoms with Crippen molar-refractivity contribution in [3.63, 3.8) is 0 Å². The number of hydrogen-bond acceptors (Lipinski definition) is 6. The van der Waals surface area contributed by atoms with Gasteiger partial charge in [0.2, 0.25) is 5.88 Å². The molecule has 2 aromatic rings. The number of hydrogen-bond donors (Lipinski definition) is 1. The van der Waals surface area contributed by atoms with Gasteiger partial charge < -0.3 is 10.1 Å². The first kappa shape index (κ1) is 16.3. The van der Waals surface area contributed by atoms with E-state index in [2.05, 4.69) is 36.2 Å². The molecule has 0 atom stereocenters. The van der Waals surface area contributed by atoms with E-state index in [4.69, 9.17) is 4.74 Å². The smallest absolute Gasteiger partial charge is 0.218 e. The van der Waals surface area contributed by atoms with Crippen LogP contribution in [0.4, 0.5) is 5.82 Å². The first-order valence-electron chi connectivity index (χ1n) is 9.20. The van der Waals surface area contributed by atoms with Crippen molar-refractivity contribution in [2.75, 3.05) is 25.5 Å². The van der Waals surface area contributed by atoms with E-state index in [0.29, 0.717) is 11.9 Å². The van der Waals surface area contributed by atoms with Crippen molar-refractivity contribution in [1.29, 1.82) is 0 Å². The van der Waals surface area contributed by atoms with Gasteiger partial charge in [-0.15, -0.1) is 0 Å². The van der Waals surface area contributed by atoms with Crippen LogP contribution in [-0.4, -0.2) is 50.9 Å². The van der Waals surface area contributed by atoms with Crippen molar-refractivity contribution in [3.05, 3.63) is 29.8 Å². The number of nitrogens with zero attached hydrogens (tertiary/aromatic N) is 5. The van der Waals surface area contributed by atoms with Crippen molar-refractivity contribution in [2.24, 2.45) is 0 Å². The van der Waals surface area contributed by atoms with Gasteiger partial charge in [-0.05, 0) is 32.1 Å². The molecule has 25 heavy (non-hydrogen) atoms. The summed E-state index contributed by atoms with van der Waals surface area (Å²) in [6.07, 6.45) is 9.61. The lowest BCUT2D eigenvalue weighted by Crippen LogP contribution is -2.39. The number of piperidine rings is 1. The lowest BCUT2D eigenvalue weighted by atomic mass is 10.0. The summed E-state index contributed by atoms with van der Waals surface area (Å²) in [6, 6.07) is 2.31. The average molecular weight is 342 g/mol. The Morgan fingerprint density at radius 2 is 2.08 bits per heavy atom. The second-order valence-electron chi connectivity index (χ2n) is 6.94. The van der Waals surface area contributed by atoms with Crippen molar-refractivity contribution < 1.29 is 4.74 Å². The highest BCUT2D eigenvalue weighted by Crippen LogP contribution is 2.22. The van der Waals surface area contributed by atoms with Crippen LogP contribution in [0.25, 0.3) is 0 Å². The summed E-state index contributed by atoms with van der Waals surface area (Å²) in [6.45, 7) is 4.32. The number of aryl methyl sites for hydroxylation is 1. The van der Waals surface area contributed by atoms with E-state index >= 15 is 0 Å². The Labute approximate surface area is 148 Å². The Hall–Kier alpha value is -2.15. The third-order valence-electron chi connectivity index (χ3n) is 5.25. The van der Waals surface area contributed by atoms with Gasteiger partial charge in [0, 0.05) is 49.5 Å². The van der Waals surface area contributed by atoms with Crippen LogP contribution < -0.4 is 10.1 Å². The molecule has 0 unspecified atom stereocenters. The van der Waals surface area contributed by atoms with Gasteiger partial charge in [-0.2, -0.15) is 5.10 Å². The molecule has 0 aliphatic carbocycles. The van der Waals surface area contributed by atoms with Gasteiger partial charge in [0.15, 0.2) is 0 Å². The zero-order chi connectivity index (χ0) is 17.1. The third kappa shape index (κ3) is 3.76. The molecule has 7 nitrogen and oxygen atoms in total. The quantitative estimate of drug-likeness (QED) is 0.897. The van der Waals surface area contributed by atoms with Crippen molar-refractivity contribution in [2.45, 2.75) is 51.2 Å². The van der Waals surface area contributed by atoms with Gasteiger partial charge >= 0.3 is 0 Å². The lowest BCUT2D eigenvalue weighted by Gasteiger charge is -2.32. The van der Waals surface area contributed by atoms with Gasteiger partial charge in [-0.1, -0.05) is 0 Å². The van der Waals surface area contributed by atoms with Crippen LogP contribution in [0, 0.1) is 0 Å². The summed E-state index contributed by atoms with van der Waals surface area (Å²) >= 11 is 0. The Morgan fingerprint density at radius 1 is 1.20 bits per heavy atom. The molecule has 4 rings (SSSR count). The Morgan fingerprint density at radius 3 is 2.92 bits per heavy atom. The van der Waals surface area contributed by atoms with Gasteiger partial charge in [0.25, 0.3) is 0 Å². The summed E-state index contributed by atoms with van der Waals surface area (Å²) in [5, 5.41) is 8.07. The molecule has 0 aromatic carbocycles. The van der Waals surface area contributed by atoms with E-state index in [0.717, 1.165) is 44.8 Å². The number of rotatable bonds is 5. The number of methoxy groups -OCH3 is 1. The predicted octanol–water partition coefficient (Wildman–Crippen LogP) is 2.09. The number of fused-ring (bicyclic) bond motifs is 1. The molecule has 0 radical (unpaired) electrons. The van der Waals surface area contributed by atoms with Crippen LogP contribution in [-0.2, 0) is 19.5 Å². The molecule has 1 N–H and O–H groups in total. The normalized spacial score (nSPS) is 18.8. The summed E-state index contributed by atoms with van der Waals surface area (Å²) in [7, 11) is 1.63. The minimum absolute atomic E-state index is 0.455. The van der Waals surface area contributed by atoms with Crippen LogP contribution >= 0.6 is 0 Å². The molecule has 2 aromatic heterocycles. The molecule has 2 aliphatic heterocycles. The average Bonchev–Trinajstić information content (AvgIpc) is 3.07. The second-order valence-corrected chi connectivity index (χ2v) is 6.94. The number of anilines is 1. The zero-order valence-electron chi connectivity index (χ0n) is 14.8. The number of aromatic nitrogens is 4. The summed E-state index contributed by atoms with van der Waals surface area (Å²) in [5.41, 5.74) is 2.88. The van der Waals surface area contributed by atoms with Crippen molar-refractivity contribution in [1.82, 2.24) is 24.6 Å². The first-order valence-corrected chi connectivity index (χ1v) is 9.20. The van der Waals surface area contributed by atoms with Crippen molar-refractivity contribution in [3.8, 4) is 5.88 Å². The molecule has 4 heterocycles. The van der Waals surface area contributed by atoms with Crippen molar-refractivity contribution >= 4 is 5.82 Å². The Kier molecular flexibility index (Phi) is 4.83. The van der Waals surface area contributed by atoms with Crippen LogP contribution in [0.5, 0.6) is 5.88 Å². The monoisotopic (exact) mass is 342 g/mol. The Bertz CT molecular complexity index is 707. The predicted molar refractivity (Wildman–Crippen MR) is 95.7 cm³/mol. The molecule has 2 aliphatic rings. The molecule has 0 bridgehead atoms. The number of likely N-dealkylation sites (tertiary alicyclic amines) is 1. The maximum atomic E-state index is 5.16. The topological polar surface area (TPSA) is 68.1 Å². The summed E-state index contributed by atoms with van der Waals surface area (Å²) in [5.74, 6) is 1.44.